The molecule has 170 valence electrons. The maximum atomic E-state index is 13.1. The molecule has 0 unspecified atom stereocenters. The number of hydrogen-bond acceptors (Lipinski definition) is 6. The van der Waals surface area contributed by atoms with Crippen molar-refractivity contribution in [3.8, 4) is 11.5 Å². The van der Waals surface area contributed by atoms with E-state index in [9.17, 15) is 14.4 Å². The Bertz CT molecular complexity index is 1260. The first-order chi connectivity index (χ1) is 15.9. The average molecular weight is 448 g/mol. The van der Waals surface area contributed by atoms with E-state index in [0.717, 1.165) is 16.6 Å². The third-order valence-electron chi connectivity index (χ3n) is 6.10. The van der Waals surface area contributed by atoms with Crippen molar-refractivity contribution in [2.24, 2.45) is 5.92 Å². The van der Waals surface area contributed by atoms with Gasteiger partial charge in [0.05, 0.1) is 5.92 Å². The zero-order valence-electron chi connectivity index (χ0n) is 18.4. The Kier molecular flexibility index (Phi) is 5.28. The lowest BCUT2D eigenvalue weighted by atomic mass is 10.0. The minimum absolute atomic E-state index is 0.0281. The number of aromatic nitrogens is 1. The van der Waals surface area contributed by atoms with Crippen LogP contribution in [0.15, 0.2) is 42.5 Å². The number of anilines is 1. The summed E-state index contributed by atoms with van der Waals surface area (Å²) in [4.78, 5) is 43.3. The molecule has 1 aromatic heterocycles. The second-order valence-electron chi connectivity index (χ2n) is 8.35. The number of rotatable bonds is 5. The number of esters is 1. The third-order valence-corrected chi connectivity index (χ3v) is 6.10. The highest BCUT2D eigenvalue weighted by atomic mass is 16.6. The molecule has 8 heteroatoms. The van der Waals surface area contributed by atoms with Crippen LogP contribution in [0.1, 0.15) is 29.4 Å². The summed E-state index contributed by atoms with van der Waals surface area (Å²) in [6.45, 7) is 4.50. The number of Topliss-reactive ketones (excluding diaryl/α,β-unsaturated/α-hetero) is 1. The van der Waals surface area contributed by atoms with Crippen molar-refractivity contribution in [1.29, 1.82) is 0 Å². The summed E-state index contributed by atoms with van der Waals surface area (Å²) in [6, 6.07) is 12.8. The molecule has 1 saturated heterocycles. The van der Waals surface area contributed by atoms with E-state index in [-0.39, 0.29) is 24.7 Å². The van der Waals surface area contributed by atoms with Gasteiger partial charge in [0.2, 0.25) is 11.7 Å². The molecular formula is C25H24N2O6. The van der Waals surface area contributed by atoms with Crippen molar-refractivity contribution in [3.05, 3.63) is 53.7 Å². The Morgan fingerprint density at radius 3 is 2.70 bits per heavy atom. The lowest BCUT2D eigenvalue weighted by Crippen LogP contribution is -2.30. The van der Waals surface area contributed by atoms with Crippen molar-refractivity contribution in [2.75, 3.05) is 24.7 Å². The molecule has 1 amide bonds. The van der Waals surface area contributed by atoms with E-state index in [2.05, 4.69) is 4.98 Å². The second-order valence-corrected chi connectivity index (χ2v) is 8.35. The summed E-state index contributed by atoms with van der Waals surface area (Å²) in [6.07, 6.45) is -0.936. The number of ether oxygens (including phenoxy) is 3. The van der Waals surface area contributed by atoms with Crippen LogP contribution in [-0.4, -0.2) is 48.5 Å². The highest BCUT2D eigenvalue weighted by Gasteiger charge is 2.38. The molecule has 3 aromatic rings. The first kappa shape index (κ1) is 21.1. The average Bonchev–Trinajstić information content (AvgIpc) is 3.37. The number of carbonyl (C=O) groups is 3. The Morgan fingerprint density at radius 1 is 1.12 bits per heavy atom. The third kappa shape index (κ3) is 3.82. The minimum Gasteiger partial charge on any atom is -0.486 e. The maximum absolute atomic E-state index is 13.1. The van der Waals surface area contributed by atoms with Gasteiger partial charge >= 0.3 is 5.97 Å². The van der Waals surface area contributed by atoms with Crippen LogP contribution in [0.4, 0.5) is 5.69 Å². The van der Waals surface area contributed by atoms with Crippen LogP contribution >= 0.6 is 0 Å². The fraction of sp³-hybridized carbons (Fsp3) is 0.320. The maximum Gasteiger partial charge on any atom is 0.312 e. The first-order valence-electron chi connectivity index (χ1n) is 10.9. The van der Waals surface area contributed by atoms with Gasteiger partial charge in [0.15, 0.2) is 17.6 Å². The van der Waals surface area contributed by atoms with E-state index in [1.807, 2.05) is 31.2 Å². The molecule has 0 spiro atoms. The van der Waals surface area contributed by atoms with Gasteiger partial charge in [-0.25, -0.2) is 0 Å². The Morgan fingerprint density at radius 2 is 1.88 bits per heavy atom. The molecule has 2 aromatic carbocycles. The van der Waals surface area contributed by atoms with E-state index >= 15 is 0 Å². The van der Waals surface area contributed by atoms with E-state index in [1.165, 1.54) is 0 Å². The fourth-order valence-electron chi connectivity index (χ4n) is 4.44. The molecular weight excluding hydrogens is 424 g/mol. The number of aryl methyl sites for hydroxylation is 1. The predicted octanol–water partition coefficient (Wildman–Crippen LogP) is 3.42. The van der Waals surface area contributed by atoms with Gasteiger partial charge in [0, 0.05) is 46.9 Å². The largest absolute Gasteiger partial charge is 0.486 e. The summed E-state index contributed by atoms with van der Waals surface area (Å²) in [5.41, 5.74) is 2.74. The van der Waals surface area contributed by atoms with Gasteiger partial charge in [-0.3, -0.25) is 14.4 Å². The number of aromatic amines is 1. The topological polar surface area (TPSA) is 97.9 Å². The molecule has 3 heterocycles. The van der Waals surface area contributed by atoms with Gasteiger partial charge in [-0.1, -0.05) is 18.2 Å². The summed E-state index contributed by atoms with van der Waals surface area (Å²) in [5.74, 6) is -0.448. The van der Waals surface area contributed by atoms with Gasteiger partial charge in [0.1, 0.15) is 13.2 Å². The lowest BCUT2D eigenvalue weighted by molar-refractivity contribution is -0.151. The smallest absolute Gasteiger partial charge is 0.312 e. The van der Waals surface area contributed by atoms with E-state index in [1.54, 1.807) is 30.0 Å². The first-order valence-corrected chi connectivity index (χ1v) is 10.9. The monoisotopic (exact) mass is 448 g/mol. The number of ketones is 1. The predicted molar refractivity (Wildman–Crippen MR) is 121 cm³/mol. The van der Waals surface area contributed by atoms with Crippen molar-refractivity contribution >= 4 is 34.3 Å². The molecule has 0 saturated carbocycles. The van der Waals surface area contributed by atoms with Crippen LogP contribution in [0.5, 0.6) is 11.5 Å². The number of nitrogens with zero attached hydrogens (tertiary/aromatic N) is 1. The molecule has 5 rings (SSSR count). The van der Waals surface area contributed by atoms with Gasteiger partial charge in [0.25, 0.3) is 0 Å². The molecule has 1 fully saturated rings. The van der Waals surface area contributed by atoms with Crippen molar-refractivity contribution in [1.82, 2.24) is 4.98 Å². The number of para-hydroxylation sites is 1. The Balaban J connectivity index is 1.28. The molecule has 2 aliphatic heterocycles. The van der Waals surface area contributed by atoms with Crippen LogP contribution in [-0.2, 0) is 14.3 Å². The quantitative estimate of drug-likeness (QED) is 0.475. The van der Waals surface area contributed by atoms with E-state index < -0.39 is 18.0 Å². The normalized spacial score (nSPS) is 18.4. The lowest BCUT2D eigenvalue weighted by Gasteiger charge is -2.22. The standard InChI is InChI=1S/C25H24N2O6/c1-14-23(18-5-3-4-6-19(18)26-14)24(29)15(2)33-25(30)16-11-22(28)27(13-16)17-7-8-20-21(12-17)32-10-9-31-20/h3-8,12,15-16,26H,9-11,13H2,1-2H3/t15-,16-/m0/s1. The highest BCUT2D eigenvalue weighted by molar-refractivity contribution is 6.11. The number of H-pyrrole nitrogens is 1. The molecule has 0 radical (unpaired) electrons. The molecule has 2 aliphatic rings. The van der Waals surface area contributed by atoms with Crippen LogP contribution in [0, 0.1) is 12.8 Å². The number of hydrogen-bond donors (Lipinski definition) is 1. The second kappa shape index (κ2) is 8.27. The summed E-state index contributed by atoms with van der Waals surface area (Å²) in [7, 11) is 0. The van der Waals surface area contributed by atoms with Crippen molar-refractivity contribution < 1.29 is 28.6 Å². The van der Waals surface area contributed by atoms with E-state index in [4.69, 9.17) is 14.2 Å². The van der Waals surface area contributed by atoms with Crippen molar-refractivity contribution in [2.45, 2.75) is 26.4 Å². The molecule has 2 atom stereocenters. The molecule has 8 nitrogen and oxygen atoms in total. The van der Waals surface area contributed by atoms with Gasteiger partial charge < -0.3 is 24.1 Å². The summed E-state index contributed by atoms with van der Waals surface area (Å²) in [5, 5.41) is 0.795. The number of amides is 1. The Labute approximate surface area is 190 Å². The minimum atomic E-state index is -0.964. The zero-order valence-corrected chi connectivity index (χ0v) is 18.4. The van der Waals surface area contributed by atoms with Crippen molar-refractivity contribution in [3.63, 3.8) is 0 Å². The van der Waals surface area contributed by atoms with Gasteiger partial charge in [-0.2, -0.15) is 0 Å². The number of carbonyl (C=O) groups excluding carboxylic acids is 3. The van der Waals surface area contributed by atoms with Crippen LogP contribution in [0.2, 0.25) is 0 Å². The molecule has 0 bridgehead atoms. The van der Waals surface area contributed by atoms with Gasteiger partial charge in [-0.05, 0) is 32.0 Å². The van der Waals surface area contributed by atoms with E-state index in [0.29, 0.717) is 36.0 Å². The zero-order chi connectivity index (χ0) is 23.1. The molecule has 1 N–H and O–H groups in total. The number of nitrogens with one attached hydrogen (secondary N) is 1. The number of fused-ring (bicyclic) bond motifs is 2. The van der Waals surface area contributed by atoms with Gasteiger partial charge in [-0.15, -0.1) is 0 Å². The molecule has 0 aliphatic carbocycles. The van der Waals surface area contributed by atoms with Crippen LogP contribution in [0.25, 0.3) is 10.9 Å². The SMILES string of the molecule is Cc1[nH]c2ccccc2c1C(=O)[C@H](C)OC(=O)[C@H]1CC(=O)N(c2ccc3c(c2)OCCO3)C1. The summed E-state index contributed by atoms with van der Waals surface area (Å²) >= 11 is 0. The number of benzene rings is 2. The Hall–Kier alpha value is -3.81. The van der Waals surface area contributed by atoms with Crippen LogP contribution < -0.4 is 14.4 Å². The summed E-state index contributed by atoms with van der Waals surface area (Å²) < 4.78 is 16.6. The highest BCUT2D eigenvalue weighted by Crippen LogP contribution is 2.36. The fourth-order valence-corrected chi connectivity index (χ4v) is 4.44. The molecule has 33 heavy (non-hydrogen) atoms. The van der Waals surface area contributed by atoms with Crippen LogP contribution in [0.3, 0.4) is 0 Å².